The standard InChI is InChI=1S/C14H14BrNOS/c1-10-5-12(7-13(15)6-10)14(17)16(2)8-11-3-4-18-9-11/h3-7,9H,8H2,1-2H3. The van der Waals surface area contributed by atoms with Crippen LogP contribution in [0.2, 0.25) is 0 Å². The number of thiophene rings is 1. The lowest BCUT2D eigenvalue weighted by Gasteiger charge is -2.17. The predicted molar refractivity (Wildman–Crippen MR) is 79.0 cm³/mol. The third-order valence-electron chi connectivity index (χ3n) is 2.64. The molecular formula is C14H14BrNOS. The van der Waals surface area contributed by atoms with Crippen LogP contribution >= 0.6 is 27.3 Å². The van der Waals surface area contributed by atoms with Gasteiger partial charge < -0.3 is 4.90 Å². The molecule has 0 spiro atoms. The largest absolute Gasteiger partial charge is 0.337 e. The van der Waals surface area contributed by atoms with E-state index in [1.54, 1.807) is 16.2 Å². The third kappa shape index (κ3) is 3.21. The highest BCUT2D eigenvalue weighted by atomic mass is 79.9. The molecule has 0 bridgehead atoms. The number of hydrogen-bond acceptors (Lipinski definition) is 2. The first-order valence-corrected chi connectivity index (χ1v) is 7.33. The van der Waals surface area contributed by atoms with E-state index in [9.17, 15) is 4.79 Å². The molecule has 2 aromatic rings. The zero-order valence-electron chi connectivity index (χ0n) is 10.3. The molecule has 0 aliphatic heterocycles. The normalized spacial score (nSPS) is 10.4. The lowest BCUT2D eigenvalue weighted by molar-refractivity contribution is 0.0785. The van der Waals surface area contributed by atoms with Crippen LogP contribution in [0, 0.1) is 6.92 Å². The highest BCUT2D eigenvalue weighted by molar-refractivity contribution is 9.10. The van der Waals surface area contributed by atoms with Gasteiger partial charge in [-0.2, -0.15) is 11.3 Å². The fourth-order valence-electron chi connectivity index (χ4n) is 1.81. The van der Waals surface area contributed by atoms with Crippen molar-refractivity contribution in [2.45, 2.75) is 13.5 Å². The second-order valence-corrected chi connectivity index (χ2v) is 6.01. The summed E-state index contributed by atoms with van der Waals surface area (Å²) < 4.78 is 0.940. The Balaban J connectivity index is 2.15. The number of rotatable bonds is 3. The molecule has 2 rings (SSSR count). The molecule has 0 saturated carbocycles. The summed E-state index contributed by atoms with van der Waals surface area (Å²) in [6.45, 7) is 2.63. The van der Waals surface area contributed by atoms with Crippen LogP contribution in [0.5, 0.6) is 0 Å². The lowest BCUT2D eigenvalue weighted by atomic mass is 10.1. The highest BCUT2D eigenvalue weighted by Gasteiger charge is 2.13. The number of hydrogen-bond donors (Lipinski definition) is 0. The van der Waals surface area contributed by atoms with Gasteiger partial charge in [-0.15, -0.1) is 0 Å². The second-order valence-electron chi connectivity index (χ2n) is 4.31. The molecule has 1 heterocycles. The Labute approximate surface area is 119 Å². The summed E-state index contributed by atoms with van der Waals surface area (Å²) >= 11 is 5.07. The summed E-state index contributed by atoms with van der Waals surface area (Å²) in [7, 11) is 1.83. The minimum Gasteiger partial charge on any atom is -0.337 e. The van der Waals surface area contributed by atoms with Crippen LogP contribution in [0.25, 0.3) is 0 Å². The molecule has 0 fully saturated rings. The number of nitrogens with zero attached hydrogens (tertiary/aromatic N) is 1. The minimum atomic E-state index is 0.0469. The first-order chi connectivity index (χ1) is 8.56. The molecule has 0 aliphatic rings. The van der Waals surface area contributed by atoms with Gasteiger partial charge in [-0.05, 0) is 53.1 Å². The van der Waals surface area contributed by atoms with E-state index in [-0.39, 0.29) is 5.91 Å². The Hall–Kier alpha value is -1.13. The van der Waals surface area contributed by atoms with Crippen molar-refractivity contribution in [1.29, 1.82) is 0 Å². The Morgan fingerprint density at radius 3 is 2.78 bits per heavy atom. The van der Waals surface area contributed by atoms with Crippen molar-refractivity contribution in [3.05, 3.63) is 56.2 Å². The van der Waals surface area contributed by atoms with Crippen LogP contribution in [-0.2, 0) is 6.54 Å². The van der Waals surface area contributed by atoms with Crippen LogP contribution in [0.4, 0.5) is 0 Å². The number of aryl methyl sites for hydroxylation is 1. The number of carbonyl (C=O) groups excluding carboxylic acids is 1. The van der Waals surface area contributed by atoms with Crippen LogP contribution in [0.15, 0.2) is 39.5 Å². The Morgan fingerprint density at radius 2 is 2.17 bits per heavy atom. The van der Waals surface area contributed by atoms with Gasteiger partial charge in [-0.25, -0.2) is 0 Å². The van der Waals surface area contributed by atoms with Crippen molar-refractivity contribution < 1.29 is 4.79 Å². The van der Waals surface area contributed by atoms with Crippen molar-refractivity contribution in [3.8, 4) is 0 Å². The van der Waals surface area contributed by atoms with Crippen molar-refractivity contribution in [1.82, 2.24) is 4.90 Å². The van der Waals surface area contributed by atoms with Crippen LogP contribution in [0.1, 0.15) is 21.5 Å². The van der Waals surface area contributed by atoms with E-state index in [0.717, 1.165) is 15.6 Å². The van der Waals surface area contributed by atoms with Gasteiger partial charge in [0.05, 0.1) is 0 Å². The van der Waals surface area contributed by atoms with Gasteiger partial charge in [0.15, 0.2) is 0 Å². The zero-order chi connectivity index (χ0) is 13.1. The minimum absolute atomic E-state index is 0.0469. The summed E-state index contributed by atoms with van der Waals surface area (Å²) in [5.41, 5.74) is 2.97. The van der Waals surface area contributed by atoms with E-state index in [0.29, 0.717) is 6.54 Å². The van der Waals surface area contributed by atoms with Crippen LogP contribution < -0.4 is 0 Å². The third-order valence-corrected chi connectivity index (χ3v) is 3.83. The molecule has 0 N–H and O–H groups in total. The van der Waals surface area contributed by atoms with Crippen molar-refractivity contribution in [2.75, 3.05) is 7.05 Å². The van der Waals surface area contributed by atoms with Gasteiger partial charge in [0.1, 0.15) is 0 Å². The molecule has 1 aromatic carbocycles. The van der Waals surface area contributed by atoms with E-state index in [4.69, 9.17) is 0 Å². The smallest absolute Gasteiger partial charge is 0.253 e. The number of halogens is 1. The lowest BCUT2D eigenvalue weighted by Crippen LogP contribution is -2.26. The average molecular weight is 324 g/mol. The molecule has 1 aromatic heterocycles. The molecule has 0 atom stereocenters. The molecular weight excluding hydrogens is 310 g/mol. The fraction of sp³-hybridized carbons (Fsp3) is 0.214. The molecule has 94 valence electrons. The summed E-state index contributed by atoms with van der Waals surface area (Å²) in [4.78, 5) is 14.0. The summed E-state index contributed by atoms with van der Waals surface area (Å²) in [6, 6.07) is 7.81. The van der Waals surface area contributed by atoms with Gasteiger partial charge in [0, 0.05) is 23.6 Å². The highest BCUT2D eigenvalue weighted by Crippen LogP contribution is 2.17. The van der Waals surface area contributed by atoms with Crippen LogP contribution in [-0.4, -0.2) is 17.9 Å². The number of carbonyl (C=O) groups is 1. The molecule has 0 radical (unpaired) electrons. The maximum Gasteiger partial charge on any atom is 0.253 e. The maximum atomic E-state index is 12.3. The quantitative estimate of drug-likeness (QED) is 0.833. The first-order valence-electron chi connectivity index (χ1n) is 5.60. The Kier molecular flexibility index (Phi) is 4.19. The van der Waals surface area contributed by atoms with E-state index in [1.165, 1.54) is 5.56 Å². The van der Waals surface area contributed by atoms with E-state index >= 15 is 0 Å². The molecule has 0 saturated heterocycles. The Morgan fingerprint density at radius 1 is 1.39 bits per heavy atom. The molecule has 0 aliphatic carbocycles. The van der Waals surface area contributed by atoms with E-state index < -0.39 is 0 Å². The summed E-state index contributed by atoms with van der Waals surface area (Å²) in [5.74, 6) is 0.0469. The maximum absolute atomic E-state index is 12.3. The Bertz CT molecular complexity index is 531. The molecule has 0 unspecified atom stereocenters. The van der Waals surface area contributed by atoms with Gasteiger partial charge in [-0.1, -0.05) is 15.9 Å². The summed E-state index contributed by atoms with van der Waals surface area (Å²) in [6.07, 6.45) is 0. The van der Waals surface area contributed by atoms with Crippen LogP contribution in [0.3, 0.4) is 0 Å². The van der Waals surface area contributed by atoms with Gasteiger partial charge >= 0.3 is 0 Å². The molecule has 18 heavy (non-hydrogen) atoms. The van der Waals surface area contributed by atoms with Gasteiger partial charge in [-0.3, -0.25) is 4.79 Å². The predicted octanol–water partition coefficient (Wildman–Crippen LogP) is 4.09. The molecule has 1 amide bonds. The number of amides is 1. The molecule has 2 nitrogen and oxygen atoms in total. The zero-order valence-corrected chi connectivity index (χ0v) is 12.7. The fourth-order valence-corrected chi connectivity index (χ4v) is 3.08. The SMILES string of the molecule is Cc1cc(Br)cc(C(=O)N(C)Cc2ccsc2)c1. The van der Waals surface area contributed by atoms with Crippen molar-refractivity contribution in [3.63, 3.8) is 0 Å². The monoisotopic (exact) mass is 323 g/mol. The average Bonchev–Trinajstić information content (AvgIpc) is 2.79. The van der Waals surface area contributed by atoms with Crippen molar-refractivity contribution in [2.24, 2.45) is 0 Å². The summed E-state index contributed by atoms with van der Waals surface area (Å²) in [5, 5.41) is 4.09. The number of benzene rings is 1. The van der Waals surface area contributed by atoms with E-state index in [2.05, 4.69) is 21.3 Å². The van der Waals surface area contributed by atoms with Crippen molar-refractivity contribution >= 4 is 33.2 Å². The van der Waals surface area contributed by atoms with Gasteiger partial charge in [0.25, 0.3) is 5.91 Å². The molecule has 4 heteroatoms. The topological polar surface area (TPSA) is 20.3 Å². The first kappa shape index (κ1) is 13.3. The van der Waals surface area contributed by atoms with Gasteiger partial charge in [0.2, 0.25) is 0 Å². The second kappa shape index (κ2) is 5.67. The van der Waals surface area contributed by atoms with E-state index in [1.807, 2.05) is 43.6 Å².